The molecule has 4 nitrogen and oxygen atoms in total. The second-order valence-corrected chi connectivity index (χ2v) is 9.07. The van der Waals surface area contributed by atoms with Crippen molar-refractivity contribution in [1.82, 2.24) is 4.98 Å². The Morgan fingerprint density at radius 1 is 1.17 bits per heavy atom. The monoisotopic (exact) mass is 378 g/mol. The highest BCUT2D eigenvalue weighted by Crippen LogP contribution is 2.32. The van der Waals surface area contributed by atoms with Crippen LogP contribution in [0.1, 0.15) is 11.1 Å². The van der Waals surface area contributed by atoms with Crippen molar-refractivity contribution in [3.05, 3.63) is 76.4 Å². The van der Waals surface area contributed by atoms with E-state index < -0.39 is 10.0 Å². The number of hydrogen-bond acceptors (Lipinski definition) is 4. The molecule has 3 aromatic rings. The SMILES string of the molecule is Cc1cccc(N(Cc2cccnc2)S(=O)(=O)c2ccc(Cl)s2)c1. The van der Waals surface area contributed by atoms with E-state index in [1.807, 2.05) is 31.2 Å². The highest BCUT2D eigenvalue weighted by Gasteiger charge is 2.27. The number of nitrogens with zero attached hydrogens (tertiary/aromatic N) is 2. The molecule has 2 heterocycles. The molecule has 7 heteroatoms. The largest absolute Gasteiger partial charge is 0.274 e. The average molecular weight is 379 g/mol. The number of halogens is 1. The van der Waals surface area contributed by atoms with Crippen LogP contribution in [0.5, 0.6) is 0 Å². The van der Waals surface area contributed by atoms with E-state index in [1.54, 1.807) is 30.6 Å². The molecule has 124 valence electrons. The lowest BCUT2D eigenvalue weighted by Gasteiger charge is -2.24. The molecule has 2 aromatic heterocycles. The Morgan fingerprint density at radius 2 is 2.00 bits per heavy atom. The van der Waals surface area contributed by atoms with E-state index >= 15 is 0 Å². The van der Waals surface area contributed by atoms with Crippen molar-refractivity contribution in [2.75, 3.05) is 4.31 Å². The van der Waals surface area contributed by atoms with Gasteiger partial charge < -0.3 is 0 Å². The van der Waals surface area contributed by atoms with Crippen molar-refractivity contribution in [3.63, 3.8) is 0 Å². The summed E-state index contributed by atoms with van der Waals surface area (Å²) in [6.45, 7) is 2.13. The minimum Gasteiger partial charge on any atom is -0.264 e. The summed E-state index contributed by atoms with van der Waals surface area (Å²) < 4.78 is 28.3. The Balaban J connectivity index is 2.08. The lowest BCUT2D eigenvalue weighted by Crippen LogP contribution is -2.30. The molecule has 0 amide bonds. The first-order valence-corrected chi connectivity index (χ1v) is 9.84. The number of aryl methyl sites for hydroxylation is 1. The predicted molar refractivity (Wildman–Crippen MR) is 98.1 cm³/mol. The van der Waals surface area contributed by atoms with Crippen LogP contribution in [-0.2, 0) is 16.6 Å². The zero-order chi connectivity index (χ0) is 17.2. The van der Waals surface area contributed by atoms with Crippen LogP contribution in [-0.4, -0.2) is 13.4 Å². The summed E-state index contributed by atoms with van der Waals surface area (Å²) in [5, 5.41) is 0. The van der Waals surface area contributed by atoms with Gasteiger partial charge in [-0.1, -0.05) is 29.8 Å². The van der Waals surface area contributed by atoms with E-state index in [9.17, 15) is 8.42 Å². The molecular weight excluding hydrogens is 364 g/mol. The maximum absolute atomic E-state index is 13.1. The summed E-state index contributed by atoms with van der Waals surface area (Å²) in [5.74, 6) is 0. The first kappa shape index (κ1) is 17.0. The predicted octanol–water partition coefficient (Wildman–Crippen LogP) is 4.50. The average Bonchev–Trinajstić information content (AvgIpc) is 3.01. The standard InChI is InChI=1S/C17H15ClN2O2S2/c1-13-4-2-6-15(10-13)20(12-14-5-3-9-19-11-14)24(21,22)17-8-7-16(18)23-17/h2-11H,12H2,1H3. The maximum atomic E-state index is 13.1. The summed E-state index contributed by atoms with van der Waals surface area (Å²) >= 11 is 6.98. The first-order valence-electron chi connectivity index (χ1n) is 7.20. The van der Waals surface area contributed by atoms with Gasteiger partial charge in [-0.05, 0) is 48.4 Å². The molecule has 0 fully saturated rings. The molecule has 0 aliphatic heterocycles. The Hall–Kier alpha value is -1.89. The van der Waals surface area contributed by atoms with Crippen LogP contribution in [0.4, 0.5) is 5.69 Å². The van der Waals surface area contributed by atoms with Gasteiger partial charge in [0.1, 0.15) is 4.21 Å². The van der Waals surface area contributed by atoms with Crippen molar-refractivity contribution in [3.8, 4) is 0 Å². The minimum absolute atomic E-state index is 0.204. The van der Waals surface area contributed by atoms with Crippen LogP contribution in [0.3, 0.4) is 0 Å². The van der Waals surface area contributed by atoms with Crippen LogP contribution in [0.2, 0.25) is 4.34 Å². The van der Waals surface area contributed by atoms with E-state index in [2.05, 4.69) is 4.98 Å². The normalized spacial score (nSPS) is 11.4. The molecule has 0 spiro atoms. The van der Waals surface area contributed by atoms with Gasteiger partial charge in [-0.3, -0.25) is 9.29 Å². The number of aromatic nitrogens is 1. The van der Waals surface area contributed by atoms with Gasteiger partial charge in [0.2, 0.25) is 0 Å². The fourth-order valence-electron chi connectivity index (χ4n) is 2.30. The van der Waals surface area contributed by atoms with Crippen LogP contribution in [0.25, 0.3) is 0 Å². The summed E-state index contributed by atoms with van der Waals surface area (Å²) in [4.78, 5) is 4.07. The highest BCUT2D eigenvalue weighted by molar-refractivity contribution is 7.94. The zero-order valence-corrected chi connectivity index (χ0v) is 15.3. The number of rotatable bonds is 5. The van der Waals surface area contributed by atoms with Crippen molar-refractivity contribution in [2.45, 2.75) is 17.7 Å². The number of benzene rings is 1. The first-order chi connectivity index (χ1) is 11.5. The molecule has 0 saturated carbocycles. The van der Waals surface area contributed by atoms with Crippen molar-refractivity contribution < 1.29 is 8.42 Å². The highest BCUT2D eigenvalue weighted by atomic mass is 35.5. The molecular formula is C17H15ClN2O2S2. The van der Waals surface area contributed by atoms with E-state index in [-0.39, 0.29) is 10.8 Å². The van der Waals surface area contributed by atoms with Crippen molar-refractivity contribution in [2.24, 2.45) is 0 Å². The van der Waals surface area contributed by atoms with E-state index in [0.29, 0.717) is 10.0 Å². The summed E-state index contributed by atoms with van der Waals surface area (Å²) in [6, 6.07) is 14.2. The van der Waals surface area contributed by atoms with Gasteiger partial charge in [0.25, 0.3) is 10.0 Å². The van der Waals surface area contributed by atoms with Gasteiger partial charge >= 0.3 is 0 Å². The summed E-state index contributed by atoms with van der Waals surface area (Å²) in [7, 11) is -3.71. The third-order valence-corrected chi connectivity index (χ3v) is 6.90. The molecule has 1 aromatic carbocycles. The second-order valence-electron chi connectivity index (χ2n) is 5.27. The molecule has 0 bridgehead atoms. The van der Waals surface area contributed by atoms with Crippen LogP contribution in [0, 0.1) is 6.92 Å². The molecule has 0 aliphatic rings. The topological polar surface area (TPSA) is 50.3 Å². The van der Waals surface area contributed by atoms with Crippen LogP contribution in [0.15, 0.2) is 65.1 Å². The van der Waals surface area contributed by atoms with E-state index in [0.717, 1.165) is 22.5 Å². The van der Waals surface area contributed by atoms with Gasteiger partial charge in [0.05, 0.1) is 16.6 Å². The molecule has 0 atom stereocenters. The Labute approximate surface area is 150 Å². The molecule has 24 heavy (non-hydrogen) atoms. The molecule has 0 N–H and O–H groups in total. The third kappa shape index (κ3) is 3.61. The molecule has 0 saturated heterocycles. The Morgan fingerprint density at radius 3 is 2.62 bits per heavy atom. The number of sulfonamides is 1. The summed E-state index contributed by atoms with van der Waals surface area (Å²) in [6.07, 6.45) is 3.33. The third-order valence-electron chi connectivity index (χ3n) is 3.43. The van der Waals surface area contributed by atoms with Gasteiger partial charge in [-0.25, -0.2) is 8.42 Å². The fourth-order valence-corrected chi connectivity index (χ4v) is 5.34. The minimum atomic E-state index is -3.71. The van der Waals surface area contributed by atoms with Gasteiger partial charge in [-0.15, -0.1) is 11.3 Å². The summed E-state index contributed by atoms with van der Waals surface area (Å²) in [5.41, 5.74) is 2.41. The van der Waals surface area contributed by atoms with Gasteiger partial charge in [-0.2, -0.15) is 0 Å². The van der Waals surface area contributed by atoms with Crippen molar-refractivity contribution in [1.29, 1.82) is 0 Å². The van der Waals surface area contributed by atoms with E-state index in [1.165, 1.54) is 10.4 Å². The smallest absolute Gasteiger partial charge is 0.264 e. The quantitative estimate of drug-likeness (QED) is 0.656. The molecule has 0 radical (unpaired) electrons. The number of pyridine rings is 1. The van der Waals surface area contributed by atoms with Crippen LogP contribution < -0.4 is 4.31 Å². The zero-order valence-electron chi connectivity index (χ0n) is 12.9. The molecule has 3 rings (SSSR count). The Bertz CT molecular complexity index is 940. The Kier molecular flexibility index (Phi) is 4.89. The van der Waals surface area contributed by atoms with Gasteiger partial charge in [0.15, 0.2) is 0 Å². The number of thiophene rings is 1. The lowest BCUT2D eigenvalue weighted by molar-refractivity contribution is 0.592. The van der Waals surface area contributed by atoms with Crippen LogP contribution >= 0.6 is 22.9 Å². The number of hydrogen-bond donors (Lipinski definition) is 0. The number of anilines is 1. The maximum Gasteiger partial charge on any atom is 0.274 e. The molecule has 0 unspecified atom stereocenters. The van der Waals surface area contributed by atoms with Gasteiger partial charge in [0, 0.05) is 12.4 Å². The van der Waals surface area contributed by atoms with E-state index in [4.69, 9.17) is 11.6 Å². The fraction of sp³-hybridized carbons (Fsp3) is 0.118. The lowest BCUT2D eigenvalue weighted by atomic mass is 10.2. The van der Waals surface area contributed by atoms with Crippen molar-refractivity contribution >= 4 is 38.6 Å². The molecule has 0 aliphatic carbocycles. The second kappa shape index (κ2) is 6.93.